The summed E-state index contributed by atoms with van der Waals surface area (Å²) in [6.07, 6.45) is -3.59. The Morgan fingerprint density at radius 1 is 1.13 bits per heavy atom. The summed E-state index contributed by atoms with van der Waals surface area (Å²) in [5.74, 6) is -0.566. The Balaban J connectivity index is 1.67. The van der Waals surface area contributed by atoms with E-state index < -0.39 is 29.8 Å². The van der Waals surface area contributed by atoms with E-state index in [9.17, 15) is 22.8 Å². The van der Waals surface area contributed by atoms with Crippen molar-refractivity contribution < 1.29 is 18.0 Å². The highest BCUT2D eigenvalue weighted by Gasteiger charge is 2.34. The van der Waals surface area contributed by atoms with E-state index in [1.54, 1.807) is 6.07 Å². The molecule has 6 nitrogen and oxygen atoms in total. The molecule has 1 N–H and O–H groups in total. The summed E-state index contributed by atoms with van der Waals surface area (Å²) in [5.41, 5.74) is -0.0542. The first-order valence-electron chi connectivity index (χ1n) is 9.83. The van der Waals surface area contributed by atoms with Crippen LogP contribution < -0.4 is 15.8 Å². The SMILES string of the molecule is CCN1CCN(c2ccc(NC(=O)Cn3cccc(C(F)(F)F)c3=O)c(C)c2)CC1. The highest BCUT2D eigenvalue weighted by atomic mass is 19.4. The lowest BCUT2D eigenvalue weighted by Gasteiger charge is -2.35. The fourth-order valence-corrected chi connectivity index (χ4v) is 3.53. The predicted octanol–water partition coefficient (Wildman–Crippen LogP) is 2.96. The lowest BCUT2D eigenvalue weighted by molar-refractivity contribution is -0.139. The highest BCUT2D eigenvalue weighted by molar-refractivity contribution is 5.91. The fraction of sp³-hybridized carbons (Fsp3) is 0.429. The van der Waals surface area contributed by atoms with Crippen LogP contribution in [0.25, 0.3) is 0 Å². The van der Waals surface area contributed by atoms with Crippen LogP contribution in [0.1, 0.15) is 18.1 Å². The number of hydrogen-bond donors (Lipinski definition) is 1. The molecule has 0 saturated carbocycles. The molecule has 9 heteroatoms. The van der Waals surface area contributed by atoms with Gasteiger partial charge in [0.2, 0.25) is 5.91 Å². The zero-order chi connectivity index (χ0) is 21.9. The standard InChI is InChI=1S/C21H25F3N4O2/c1-3-26-9-11-27(12-10-26)16-6-7-18(15(2)13-16)25-19(29)14-28-8-4-5-17(20(28)30)21(22,23)24/h4-8,13H,3,9-12,14H2,1-2H3,(H,25,29). The summed E-state index contributed by atoms with van der Waals surface area (Å²) in [5, 5.41) is 2.68. The van der Waals surface area contributed by atoms with Gasteiger partial charge in [-0.3, -0.25) is 9.59 Å². The number of halogens is 3. The number of likely N-dealkylation sites (N-methyl/N-ethyl adjacent to an activating group) is 1. The van der Waals surface area contributed by atoms with Crippen molar-refractivity contribution >= 4 is 17.3 Å². The molecular weight excluding hydrogens is 397 g/mol. The number of benzene rings is 1. The number of alkyl halides is 3. The van der Waals surface area contributed by atoms with Gasteiger partial charge in [-0.2, -0.15) is 13.2 Å². The van der Waals surface area contributed by atoms with Gasteiger partial charge in [-0.15, -0.1) is 0 Å². The van der Waals surface area contributed by atoms with E-state index in [0.717, 1.165) is 54.6 Å². The van der Waals surface area contributed by atoms with E-state index in [1.807, 2.05) is 19.1 Å². The molecule has 1 aromatic carbocycles. The Labute approximate surface area is 172 Å². The number of nitrogens with zero attached hydrogens (tertiary/aromatic N) is 3. The van der Waals surface area contributed by atoms with Crippen LogP contribution in [-0.2, 0) is 17.5 Å². The zero-order valence-corrected chi connectivity index (χ0v) is 17.0. The number of amides is 1. The molecule has 2 aromatic rings. The molecule has 2 heterocycles. The van der Waals surface area contributed by atoms with Crippen molar-refractivity contribution in [3.63, 3.8) is 0 Å². The molecule has 30 heavy (non-hydrogen) atoms. The summed E-state index contributed by atoms with van der Waals surface area (Å²) in [6.45, 7) is 8.40. The third-order valence-corrected chi connectivity index (χ3v) is 5.31. The van der Waals surface area contributed by atoms with Crippen LogP contribution in [0.15, 0.2) is 41.3 Å². The smallest absolute Gasteiger partial charge is 0.369 e. The van der Waals surface area contributed by atoms with Crippen LogP contribution in [0, 0.1) is 6.92 Å². The molecule has 3 rings (SSSR count). The van der Waals surface area contributed by atoms with Crippen LogP contribution in [0.4, 0.5) is 24.5 Å². The van der Waals surface area contributed by atoms with E-state index in [-0.39, 0.29) is 0 Å². The lowest BCUT2D eigenvalue weighted by atomic mass is 10.1. The summed E-state index contributed by atoms with van der Waals surface area (Å²) < 4.78 is 39.4. The number of anilines is 2. The number of piperazine rings is 1. The number of carbonyl (C=O) groups is 1. The van der Waals surface area contributed by atoms with E-state index in [1.165, 1.54) is 6.20 Å². The first kappa shape index (κ1) is 21.9. The molecule has 0 aliphatic carbocycles. The Morgan fingerprint density at radius 2 is 1.83 bits per heavy atom. The molecule has 1 aromatic heterocycles. The molecule has 1 saturated heterocycles. The Hall–Kier alpha value is -2.81. The number of rotatable bonds is 5. The number of aryl methyl sites for hydroxylation is 1. The van der Waals surface area contributed by atoms with E-state index in [0.29, 0.717) is 11.8 Å². The van der Waals surface area contributed by atoms with Gasteiger partial charge in [-0.1, -0.05) is 6.92 Å². The van der Waals surface area contributed by atoms with Gasteiger partial charge in [-0.25, -0.2) is 0 Å². The molecular formula is C21H25F3N4O2. The average molecular weight is 422 g/mol. The molecule has 0 bridgehead atoms. The summed E-state index contributed by atoms with van der Waals surface area (Å²) in [4.78, 5) is 29.0. The van der Waals surface area contributed by atoms with Crippen LogP contribution in [0.3, 0.4) is 0 Å². The van der Waals surface area contributed by atoms with E-state index in [2.05, 4.69) is 22.0 Å². The molecule has 0 unspecified atom stereocenters. The first-order chi connectivity index (χ1) is 14.2. The molecule has 1 fully saturated rings. The molecule has 1 amide bonds. The topological polar surface area (TPSA) is 57.6 Å². The number of nitrogens with one attached hydrogen (secondary N) is 1. The predicted molar refractivity (Wildman–Crippen MR) is 110 cm³/mol. The summed E-state index contributed by atoms with van der Waals surface area (Å²) in [6, 6.07) is 7.49. The lowest BCUT2D eigenvalue weighted by Crippen LogP contribution is -2.46. The normalized spacial score (nSPS) is 15.3. The third kappa shape index (κ3) is 5.02. The number of aromatic nitrogens is 1. The van der Waals surface area contributed by atoms with E-state index >= 15 is 0 Å². The largest absolute Gasteiger partial charge is 0.421 e. The number of pyridine rings is 1. The Bertz CT molecular complexity index is 963. The molecule has 162 valence electrons. The van der Waals surface area contributed by atoms with Gasteiger partial charge in [0.15, 0.2) is 0 Å². The van der Waals surface area contributed by atoms with Crippen LogP contribution in [-0.4, -0.2) is 48.1 Å². The minimum absolute atomic E-state index is 0.497. The van der Waals surface area contributed by atoms with Gasteiger partial charge in [0.25, 0.3) is 5.56 Å². The minimum atomic E-state index is -4.76. The van der Waals surface area contributed by atoms with Crippen LogP contribution in [0.2, 0.25) is 0 Å². The minimum Gasteiger partial charge on any atom is -0.369 e. The van der Waals surface area contributed by atoms with Gasteiger partial charge in [-0.05, 0) is 49.4 Å². The quantitative estimate of drug-likeness (QED) is 0.805. The zero-order valence-electron chi connectivity index (χ0n) is 17.0. The van der Waals surface area contributed by atoms with Gasteiger partial charge in [0.1, 0.15) is 12.1 Å². The number of hydrogen-bond acceptors (Lipinski definition) is 4. The van der Waals surface area contributed by atoms with Gasteiger partial charge in [0, 0.05) is 43.8 Å². The molecule has 0 atom stereocenters. The second kappa shape index (κ2) is 8.91. The van der Waals surface area contributed by atoms with Crippen molar-refractivity contribution in [1.82, 2.24) is 9.47 Å². The van der Waals surface area contributed by atoms with Crippen LogP contribution >= 0.6 is 0 Å². The van der Waals surface area contributed by atoms with E-state index in [4.69, 9.17) is 0 Å². The monoisotopic (exact) mass is 422 g/mol. The molecule has 1 aliphatic heterocycles. The molecule has 1 aliphatic rings. The fourth-order valence-electron chi connectivity index (χ4n) is 3.53. The maximum absolute atomic E-state index is 12.9. The maximum Gasteiger partial charge on any atom is 0.421 e. The summed E-state index contributed by atoms with van der Waals surface area (Å²) in [7, 11) is 0. The molecule has 0 spiro atoms. The van der Waals surface area contributed by atoms with Crippen molar-refractivity contribution in [2.45, 2.75) is 26.6 Å². The van der Waals surface area contributed by atoms with Crippen molar-refractivity contribution in [3.05, 3.63) is 58.0 Å². The highest BCUT2D eigenvalue weighted by Crippen LogP contribution is 2.26. The first-order valence-corrected chi connectivity index (χ1v) is 9.83. The van der Waals surface area contributed by atoms with Gasteiger partial charge in [0.05, 0.1) is 0 Å². The van der Waals surface area contributed by atoms with Crippen molar-refractivity contribution in [2.75, 3.05) is 42.9 Å². The van der Waals surface area contributed by atoms with Crippen molar-refractivity contribution in [3.8, 4) is 0 Å². The van der Waals surface area contributed by atoms with Crippen LogP contribution in [0.5, 0.6) is 0 Å². The van der Waals surface area contributed by atoms with Crippen molar-refractivity contribution in [1.29, 1.82) is 0 Å². The average Bonchev–Trinajstić information content (AvgIpc) is 2.70. The van der Waals surface area contributed by atoms with Gasteiger partial charge >= 0.3 is 6.18 Å². The third-order valence-electron chi connectivity index (χ3n) is 5.31. The second-order valence-electron chi connectivity index (χ2n) is 7.32. The van der Waals surface area contributed by atoms with Crippen molar-refractivity contribution in [2.24, 2.45) is 0 Å². The Kier molecular flexibility index (Phi) is 6.50. The summed E-state index contributed by atoms with van der Waals surface area (Å²) >= 11 is 0. The Morgan fingerprint density at radius 3 is 2.43 bits per heavy atom. The number of carbonyl (C=O) groups excluding carboxylic acids is 1. The maximum atomic E-state index is 12.9. The van der Waals surface area contributed by atoms with Gasteiger partial charge < -0.3 is 19.7 Å². The molecule has 0 radical (unpaired) electrons. The second-order valence-corrected chi connectivity index (χ2v) is 7.32.